The zero-order valence-corrected chi connectivity index (χ0v) is 10.3. The van der Waals surface area contributed by atoms with E-state index in [4.69, 9.17) is 16.7 Å². The maximum absolute atomic E-state index is 11.9. The highest BCUT2D eigenvalue weighted by Gasteiger charge is 2.19. The first kappa shape index (κ1) is 14.8. The topological polar surface area (TPSA) is 83.5 Å². The number of halogens is 3. The fourth-order valence-corrected chi connectivity index (χ4v) is 2.32. The number of carboxylic acid groups (broad SMARTS) is 1. The molecule has 2 N–H and O–H groups in total. The van der Waals surface area contributed by atoms with E-state index in [0.717, 1.165) is 18.2 Å². The summed E-state index contributed by atoms with van der Waals surface area (Å²) < 4.78 is 48.6. The Balaban J connectivity index is 3.10. The monoisotopic (exact) mass is 299 g/mol. The fraction of sp³-hybridized carbons (Fsp3) is 0.222. The largest absolute Gasteiger partial charge is 0.478 e. The molecule has 18 heavy (non-hydrogen) atoms. The Morgan fingerprint density at radius 3 is 2.56 bits per heavy atom. The number of benzene rings is 1. The second-order valence-electron chi connectivity index (χ2n) is 3.19. The molecule has 0 fully saturated rings. The molecule has 0 aliphatic carbocycles. The molecule has 1 aromatic carbocycles. The molecule has 0 aliphatic heterocycles. The van der Waals surface area contributed by atoms with Crippen LogP contribution in [0.2, 0.25) is 5.02 Å². The molecule has 0 aliphatic rings. The minimum atomic E-state index is -4.18. The summed E-state index contributed by atoms with van der Waals surface area (Å²) in [5.74, 6) is -1.41. The molecule has 0 bridgehead atoms. The minimum Gasteiger partial charge on any atom is -0.478 e. The van der Waals surface area contributed by atoms with Crippen molar-refractivity contribution in [2.45, 2.75) is 11.3 Å². The van der Waals surface area contributed by atoms with Crippen molar-refractivity contribution in [1.82, 2.24) is 4.72 Å². The van der Waals surface area contributed by atoms with Gasteiger partial charge in [0.25, 0.3) is 6.43 Å². The lowest BCUT2D eigenvalue weighted by Gasteiger charge is -2.07. The highest BCUT2D eigenvalue weighted by atomic mass is 35.5. The van der Waals surface area contributed by atoms with Gasteiger partial charge in [-0.25, -0.2) is 26.7 Å². The molecule has 0 atom stereocenters. The lowest BCUT2D eigenvalue weighted by molar-refractivity contribution is 0.0696. The van der Waals surface area contributed by atoms with Crippen LogP contribution in [0.1, 0.15) is 10.4 Å². The fourth-order valence-electron chi connectivity index (χ4n) is 1.09. The van der Waals surface area contributed by atoms with Crippen molar-refractivity contribution in [3.63, 3.8) is 0 Å². The van der Waals surface area contributed by atoms with E-state index >= 15 is 0 Å². The zero-order chi connectivity index (χ0) is 13.9. The molecule has 9 heteroatoms. The van der Waals surface area contributed by atoms with Crippen molar-refractivity contribution in [3.05, 3.63) is 28.8 Å². The molecule has 0 unspecified atom stereocenters. The predicted molar refractivity (Wildman–Crippen MR) is 59.6 cm³/mol. The van der Waals surface area contributed by atoms with Crippen LogP contribution in [0.3, 0.4) is 0 Å². The second-order valence-corrected chi connectivity index (χ2v) is 5.36. The Labute approximate surface area is 106 Å². The van der Waals surface area contributed by atoms with Crippen LogP contribution in [-0.2, 0) is 10.0 Å². The van der Waals surface area contributed by atoms with Gasteiger partial charge in [0.15, 0.2) is 0 Å². The third-order valence-corrected chi connectivity index (χ3v) is 3.66. The van der Waals surface area contributed by atoms with Crippen LogP contribution in [0.4, 0.5) is 8.78 Å². The number of carboxylic acids is 1. The quantitative estimate of drug-likeness (QED) is 0.864. The van der Waals surface area contributed by atoms with Gasteiger partial charge >= 0.3 is 5.97 Å². The maximum Gasteiger partial charge on any atom is 0.337 e. The van der Waals surface area contributed by atoms with E-state index in [1.807, 2.05) is 0 Å². The number of rotatable bonds is 5. The van der Waals surface area contributed by atoms with Gasteiger partial charge < -0.3 is 5.11 Å². The number of alkyl halides is 2. The van der Waals surface area contributed by atoms with Crippen LogP contribution in [0.15, 0.2) is 23.1 Å². The lowest BCUT2D eigenvalue weighted by Crippen LogP contribution is -2.28. The van der Waals surface area contributed by atoms with E-state index in [2.05, 4.69) is 0 Å². The summed E-state index contributed by atoms with van der Waals surface area (Å²) >= 11 is 5.55. The van der Waals surface area contributed by atoms with Crippen molar-refractivity contribution < 1.29 is 27.1 Å². The van der Waals surface area contributed by atoms with Crippen molar-refractivity contribution >= 4 is 27.6 Å². The van der Waals surface area contributed by atoms with Crippen molar-refractivity contribution in [2.75, 3.05) is 6.54 Å². The Morgan fingerprint density at radius 2 is 2.06 bits per heavy atom. The summed E-state index contributed by atoms with van der Waals surface area (Å²) in [6, 6.07) is 2.91. The van der Waals surface area contributed by atoms with E-state index in [0.29, 0.717) is 0 Å². The average molecular weight is 300 g/mol. The summed E-state index contributed by atoms with van der Waals surface area (Å²) in [6.07, 6.45) is -2.84. The van der Waals surface area contributed by atoms with Crippen molar-refractivity contribution in [3.8, 4) is 0 Å². The molecule has 0 amide bonds. The summed E-state index contributed by atoms with van der Waals surface area (Å²) in [4.78, 5) is 10.3. The summed E-state index contributed by atoms with van der Waals surface area (Å²) in [7, 11) is -4.18. The van der Waals surface area contributed by atoms with Crippen LogP contribution in [0.5, 0.6) is 0 Å². The third-order valence-electron chi connectivity index (χ3n) is 1.91. The number of aromatic carboxylic acids is 1. The van der Waals surface area contributed by atoms with Gasteiger partial charge in [0.1, 0.15) is 0 Å². The highest BCUT2D eigenvalue weighted by Crippen LogP contribution is 2.20. The maximum atomic E-state index is 11.9. The van der Waals surface area contributed by atoms with Gasteiger partial charge in [-0.2, -0.15) is 0 Å². The van der Waals surface area contributed by atoms with Gasteiger partial charge in [0.2, 0.25) is 10.0 Å². The summed E-state index contributed by atoms with van der Waals surface area (Å²) in [5, 5.41) is 8.61. The van der Waals surface area contributed by atoms with Crippen LogP contribution < -0.4 is 4.72 Å². The molecular weight excluding hydrogens is 292 g/mol. The first-order valence-corrected chi connectivity index (χ1v) is 6.41. The van der Waals surface area contributed by atoms with Crippen LogP contribution in [0, 0.1) is 0 Å². The van der Waals surface area contributed by atoms with E-state index < -0.39 is 39.4 Å². The second kappa shape index (κ2) is 5.59. The first-order chi connectivity index (χ1) is 8.24. The Bertz CT molecular complexity index is 562. The molecule has 100 valence electrons. The van der Waals surface area contributed by atoms with Crippen LogP contribution >= 0.6 is 11.6 Å². The van der Waals surface area contributed by atoms with E-state index in [-0.39, 0.29) is 5.02 Å². The van der Waals surface area contributed by atoms with Gasteiger partial charge in [0.05, 0.1) is 22.0 Å². The predicted octanol–water partition coefficient (Wildman–Crippen LogP) is 1.58. The molecule has 0 saturated heterocycles. The molecule has 0 spiro atoms. The Hall–Kier alpha value is -1.25. The highest BCUT2D eigenvalue weighted by molar-refractivity contribution is 7.89. The standard InChI is InChI=1S/C9H8ClF2NO4S/c10-7-2-1-5(3-6(7)9(14)15)18(16,17)13-4-8(11)12/h1-3,8,13H,4H2,(H,14,15). The molecule has 0 saturated carbocycles. The van der Waals surface area contributed by atoms with Crippen LogP contribution in [0.25, 0.3) is 0 Å². The molecule has 5 nitrogen and oxygen atoms in total. The van der Waals surface area contributed by atoms with E-state index in [9.17, 15) is 22.0 Å². The number of sulfonamides is 1. The molecule has 1 rings (SSSR count). The van der Waals surface area contributed by atoms with E-state index in [1.165, 1.54) is 0 Å². The Kier molecular flexibility index (Phi) is 4.60. The van der Waals surface area contributed by atoms with E-state index in [1.54, 1.807) is 4.72 Å². The number of carbonyl (C=O) groups is 1. The number of nitrogens with one attached hydrogen (secondary N) is 1. The van der Waals surface area contributed by atoms with Crippen molar-refractivity contribution in [2.24, 2.45) is 0 Å². The van der Waals surface area contributed by atoms with Gasteiger partial charge in [0, 0.05) is 0 Å². The first-order valence-electron chi connectivity index (χ1n) is 4.54. The summed E-state index contributed by atoms with van der Waals surface area (Å²) in [5.41, 5.74) is -0.420. The molecule has 0 heterocycles. The molecular formula is C9H8ClF2NO4S. The number of hydrogen-bond acceptors (Lipinski definition) is 3. The molecule has 0 radical (unpaired) electrons. The zero-order valence-electron chi connectivity index (χ0n) is 8.73. The molecule has 0 aromatic heterocycles. The smallest absolute Gasteiger partial charge is 0.337 e. The Morgan fingerprint density at radius 1 is 1.44 bits per heavy atom. The molecule has 1 aromatic rings. The van der Waals surface area contributed by atoms with Crippen molar-refractivity contribution in [1.29, 1.82) is 0 Å². The SMILES string of the molecule is O=C(O)c1cc(S(=O)(=O)NCC(F)F)ccc1Cl. The van der Waals surface area contributed by atoms with Gasteiger partial charge in [-0.1, -0.05) is 11.6 Å². The van der Waals surface area contributed by atoms with Gasteiger partial charge in [-0.15, -0.1) is 0 Å². The average Bonchev–Trinajstić information content (AvgIpc) is 2.26. The van der Waals surface area contributed by atoms with Gasteiger partial charge in [-0.05, 0) is 18.2 Å². The number of hydrogen-bond donors (Lipinski definition) is 2. The van der Waals surface area contributed by atoms with Gasteiger partial charge in [-0.3, -0.25) is 0 Å². The summed E-state index contributed by atoms with van der Waals surface area (Å²) in [6.45, 7) is -1.05. The third kappa shape index (κ3) is 3.62. The van der Waals surface area contributed by atoms with Crippen LogP contribution in [-0.4, -0.2) is 32.5 Å². The normalized spacial score (nSPS) is 11.8. The minimum absolute atomic E-state index is 0.143. The lowest BCUT2D eigenvalue weighted by atomic mass is 10.2.